The second-order valence-corrected chi connectivity index (χ2v) is 10.9. The minimum Gasteiger partial charge on any atom is -0.596 e. The zero-order chi connectivity index (χ0) is 21.2. The molecule has 2 heterocycles. The van der Waals surface area contributed by atoms with Crippen LogP contribution in [-0.4, -0.2) is 13.2 Å². The molecule has 10 heteroatoms. The average molecular weight is 465 g/mol. The minimum absolute atomic E-state index is 0.0884. The Morgan fingerprint density at radius 1 is 0.967 bits per heavy atom. The predicted octanol–water partition coefficient (Wildman–Crippen LogP) is 5.91. The highest BCUT2D eigenvalue weighted by molar-refractivity contribution is 7.77. The zero-order valence-electron chi connectivity index (χ0n) is 16.5. The van der Waals surface area contributed by atoms with Gasteiger partial charge in [0.05, 0.1) is 13.2 Å². The van der Waals surface area contributed by atoms with Gasteiger partial charge in [-0.15, -0.1) is 0 Å². The molecule has 1 aliphatic heterocycles. The fourth-order valence-corrected chi connectivity index (χ4v) is 8.29. The molecule has 0 saturated carbocycles. The summed E-state index contributed by atoms with van der Waals surface area (Å²) in [5.74, 6) is 0.705. The lowest BCUT2D eigenvalue weighted by atomic mass is 10.0. The van der Waals surface area contributed by atoms with Gasteiger partial charge >= 0.3 is 15.8 Å². The van der Waals surface area contributed by atoms with Gasteiger partial charge in [0.1, 0.15) is 5.69 Å². The first kappa shape index (κ1) is 21.3. The van der Waals surface area contributed by atoms with Gasteiger partial charge in [-0.1, -0.05) is 40.8 Å². The highest BCUT2D eigenvalue weighted by Gasteiger charge is 2.56. The van der Waals surface area contributed by atoms with Gasteiger partial charge in [-0.05, 0) is 37.4 Å². The van der Waals surface area contributed by atoms with Gasteiger partial charge in [-0.25, -0.2) is 4.57 Å². The van der Waals surface area contributed by atoms with Crippen molar-refractivity contribution >= 4 is 32.9 Å². The summed E-state index contributed by atoms with van der Waals surface area (Å²) in [6.45, 7) is 3.55. The van der Waals surface area contributed by atoms with Crippen molar-refractivity contribution in [1.29, 1.82) is 0 Å². The van der Waals surface area contributed by atoms with Crippen molar-refractivity contribution < 1.29 is 27.6 Å². The van der Waals surface area contributed by atoms with Crippen LogP contribution in [0.25, 0.3) is 11.1 Å². The smallest absolute Gasteiger partial charge is 0.471 e. The Balaban J connectivity index is 1.92. The molecule has 1 aliphatic rings. The Hall–Kier alpha value is -1.92. The van der Waals surface area contributed by atoms with E-state index in [-0.39, 0.29) is 13.2 Å². The van der Waals surface area contributed by atoms with Crippen molar-refractivity contribution in [3.8, 4) is 22.6 Å². The molecule has 3 aromatic rings. The maximum absolute atomic E-state index is 14.3. The van der Waals surface area contributed by atoms with Crippen molar-refractivity contribution in [2.45, 2.75) is 13.8 Å². The van der Waals surface area contributed by atoms with E-state index in [1.54, 1.807) is 54.9 Å². The van der Waals surface area contributed by atoms with Crippen LogP contribution in [0.15, 0.2) is 65.4 Å². The molecule has 0 amide bonds. The first-order valence-electron chi connectivity index (χ1n) is 9.41. The normalized spacial score (nSPS) is 14.6. The van der Waals surface area contributed by atoms with E-state index in [1.165, 1.54) is 11.3 Å². The molecule has 0 N–H and O–H groups in total. The summed E-state index contributed by atoms with van der Waals surface area (Å²) in [5.41, 5.74) is 1.81. The van der Waals surface area contributed by atoms with E-state index < -0.39 is 15.8 Å². The van der Waals surface area contributed by atoms with Crippen LogP contribution in [0.1, 0.15) is 13.8 Å². The molecule has 2 aromatic carbocycles. The molecule has 1 aromatic heterocycles. The maximum atomic E-state index is 14.3. The summed E-state index contributed by atoms with van der Waals surface area (Å²) in [4.78, 5) is 14.3. The summed E-state index contributed by atoms with van der Waals surface area (Å²) in [6.07, 6.45) is 0. The standard InChI is InChI=1S/C20H21NO6P2S/c1-3-24-28(22,25-4-2)21(16-13-14-30-15-16)29(23)26-19-11-7-5-9-17(19)18-10-6-8-12-20(18)27-29/h5-15H,3-4H2,1-2H3. The van der Waals surface area contributed by atoms with Crippen molar-refractivity contribution in [2.75, 3.05) is 17.7 Å². The zero-order valence-corrected chi connectivity index (χ0v) is 19.1. The lowest BCUT2D eigenvalue weighted by molar-refractivity contribution is -0.202. The number of thiophene rings is 1. The van der Waals surface area contributed by atoms with Crippen LogP contribution in [0.2, 0.25) is 0 Å². The van der Waals surface area contributed by atoms with Gasteiger partial charge in [0, 0.05) is 16.5 Å². The van der Waals surface area contributed by atoms with E-state index in [2.05, 4.69) is 0 Å². The highest BCUT2D eigenvalue weighted by atomic mass is 32.1. The molecule has 0 fully saturated rings. The third kappa shape index (κ3) is 3.87. The Kier molecular flexibility index (Phi) is 6.16. The number of hydrogen-bond donors (Lipinski definition) is 0. The van der Waals surface area contributed by atoms with Crippen LogP contribution in [0.5, 0.6) is 11.5 Å². The van der Waals surface area contributed by atoms with Gasteiger partial charge < -0.3 is 4.89 Å². The van der Waals surface area contributed by atoms with Gasteiger partial charge in [0.2, 0.25) is 0 Å². The number of para-hydroxylation sites is 2. The lowest BCUT2D eigenvalue weighted by Crippen LogP contribution is -2.36. The van der Waals surface area contributed by atoms with Crippen molar-refractivity contribution in [1.82, 2.24) is 0 Å². The summed E-state index contributed by atoms with van der Waals surface area (Å²) in [6, 6.07) is 16.0. The molecule has 0 saturated heterocycles. The molecule has 0 bridgehead atoms. The lowest BCUT2D eigenvalue weighted by Gasteiger charge is -2.37. The van der Waals surface area contributed by atoms with Crippen LogP contribution in [-0.2, 0) is 13.6 Å². The second-order valence-electron chi connectivity index (χ2n) is 6.22. The average Bonchev–Trinajstić information content (AvgIpc) is 3.18. The SMILES string of the molecule is CCOP(=O)(OCC)N(c1ccsc1)[P+]1([O-])Oc2ccccc2-c2ccccc2O1. The summed E-state index contributed by atoms with van der Waals surface area (Å²) in [5, 5.41) is 3.47. The number of anilines is 1. The Bertz CT molecular complexity index is 1000. The van der Waals surface area contributed by atoms with E-state index >= 15 is 0 Å². The highest BCUT2D eigenvalue weighted by Crippen LogP contribution is 2.73. The first-order chi connectivity index (χ1) is 14.5. The predicted molar refractivity (Wildman–Crippen MR) is 118 cm³/mol. The van der Waals surface area contributed by atoms with Crippen molar-refractivity contribution in [3.05, 3.63) is 65.4 Å². The molecule has 0 aliphatic carbocycles. The van der Waals surface area contributed by atoms with Gasteiger partial charge in [0.15, 0.2) is 11.5 Å². The van der Waals surface area contributed by atoms with Gasteiger partial charge in [-0.3, -0.25) is 18.1 Å². The molecule has 7 nitrogen and oxygen atoms in total. The van der Waals surface area contributed by atoms with Crippen molar-refractivity contribution in [3.63, 3.8) is 0 Å². The van der Waals surface area contributed by atoms with E-state index in [9.17, 15) is 9.46 Å². The third-order valence-corrected chi connectivity index (χ3v) is 9.68. The second kappa shape index (κ2) is 8.67. The molecule has 0 spiro atoms. The summed E-state index contributed by atoms with van der Waals surface area (Å²) in [7, 11) is -8.34. The number of fused-ring (bicyclic) bond motifs is 3. The summed E-state index contributed by atoms with van der Waals surface area (Å²) < 4.78 is 37.9. The molecule has 0 atom stereocenters. The molecule has 4 rings (SSSR count). The van der Waals surface area contributed by atoms with Crippen LogP contribution in [0.3, 0.4) is 0 Å². The van der Waals surface area contributed by atoms with Crippen LogP contribution in [0, 0.1) is 0 Å². The van der Waals surface area contributed by atoms with Crippen LogP contribution >= 0.6 is 27.2 Å². The maximum Gasteiger partial charge on any atom is 0.471 e. The molecule has 158 valence electrons. The topological polar surface area (TPSA) is 80.3 Å². The molecule has 0 unspecified atom stereocenters. The van der Waals surface area contributed by atoms with Gasteiger partial charge in [0.25, 0.3) is 0 Å². The van der Waals surface area contributed by atoms with Gasteiger partial charge in [-0.2, -0.15) is 11.3 Å². The molecular weight excluding hydrogens is 444 g/mol. The van der Waals surface area contributed by atoms with E-state index in [4.69, 9.17) is 18.1 Å². The van der Waals surface area contributed by atoms with Crippen molar-refractivity contribution in [2.24, 2.45) is 0 Å². The fraction of sp³-hybridized carbons (Fsp3) is 0.200. The molecule has 0 radical (unpaired) electrons. The van der Waals surface area contributed by atoms with E-state index in [0.29, 0.717) is 17.2 Å². The number of hydrogen-bond acceptors (Lipinski definition) is 7. The fourth-order valence-electron chi connectivity index (χ4n) is 3.14. The third-order valence-electron chi connectivity index (χ3n) is 4.28. The number of benzene rings is 2. The van der Waals surface area contributed by atoms with E-state index in [1.807, 2.05) is 24.3 Å². The monoisotopic (exact) mass is 465 g/mol. The Labute approximate surface area is 180 Å². The quantitative estimate of drug-likeness (QED) is 0.401. The molecular formula is C20H21NO6P2S. The number of nitrogens with zero attached hydrogens (tertiary/aromatic N) is 1. The Morgan fingerprint density at radius 2 is 1.50 bits per heavy atom. The number of rotatable bonds is 7. The first-order valence-corrected chi connectivity index (χ1v) is 13.3. The largest absolute Gasteiger partial charge is 0.596 e. The minimum atomic E-state index is -4.27. The summed E-state index contributed by atoms with van der Waals surface area (Å²) >= 11 is 1.35. The van der Waals surface area contributed by atoms with Crippen LogP contribution in [0.4, 0.5) is 5.69 Å². The molecule has 30 heavy (non-hydrogen) atoms. The van der Waals surface area contributed by atoms with E-state index in [0.717, 1.165) is 15.6 Å². The Morgan fingerprint density at radius 3 is 1.97 bits per heavy atom. The van der Waals surface area contributed by atoms with Crippen LogP contribution < -0.4 is 18.4 Å².